The Morgan fingerprint density at radius 1 is 1.05 bits per heavy atom. The number of benzene rings is 2. The third kappa shape index (κ3) is 3.75. The summed E-state index contributed by atoms with van der Waals surface area (Å²) in [5.74, 6) is 0. The number of halogens is 1. The Balaban J connectivity index is 2.47. The highest BCUT2D eigenvalue weighted by Gasteiger charge is 2.16. The van der Waals surface area contributed by atoms with Crippen molar-refractivity contribution in [2.75, 3.05) is 6.54 Å². The maximum atomic E-state index is 3.70. The van der Waals surface area contributed by atoms with Crippen LogP contribution in [0, 0.1) is 20.8 Å². The van der Waals surface area contributed by atoms with Crippen molar-refractivity contribution in [2.24, 2.45) is 0 Å². The smallest absolute Gasteiger partial charge is 0.0579 e. The maximum absolute atomic E-state index is 3.70. The SMILES string of the molecule is CCCNC(c1ccc(C)c(Br)c1)c1cccc(C)c1C. The molecule has 0 aliphatic heterocycles. The lowest BCUT2D eigenvalue weighted by Crippen LogP contribution is -2.24. The van der Waals surface area contributed by atoms with Gasteiger partial charge in [-0.3, -0.25) is 0 Å². The van der Waals surface area contributed by atoms with Gasteiger partial charge in [-0.1, -0.05) is 53.2 Å². The van der Waals surface area contributed by atoms with E-state index in [-0.39, 0.29) is 6.04 Å². The van der Waals surface area contributed by atoms with Gasteiger partial charge in [0.05, 0.1) is 6.04 Å². The largest absolute Gasteiger partial charge is 0.306 e. The monoisotopic (exact) mass is 345 g/mol. The van der Waals surface area contributed by atoms with Crippen molar-refractivity contribution in [2.45, 2.75) is 40.2 Å². The molecule has 2 heteroatoms. The summed E-state index contributed by atoms with van der Waals surface area (Å²) in [5, 5.41) is 3.70. The molecule has 0 radical (unpaired) electrons. The standard InChI is InChI=1S/C19H24BrN/c1-5-11-21-19(16-10-9-14(3)18(20)12-16)17-8-6-7-13(2)15(17)4/h6-10,12,19,21H,5,11H2,1-4H3. The van der Waals surface area contributed by atoms with Crippen molar-refractivity contribution in [1.29, 1.82) is 0 Å². The van der Waals surface area contributed by atoms with Crippen molar-refractivity contribution in [1.82, 2.24) is 5.32 Å². The molecule has 112 valence electrons. The van der Waals surface area contributed by atoms with E-state index in [4.69, 9.17) is 0 Å². The molecular weight excluding hydrogens is 322 g/mol. The molecule has 0 bridgehead atoms. The van der Waals surface area contributed by atoms with Crippen molar-refractivity contribution >= 4 is 15.9 Å². The summed E-state index contributed by atoms with van der Waals surface area (Å²) in [6.07, 6.45) is 1.13. The fourth-order valence-corrected chi connectivity index (χ4v) is 2.97. The molecule has 0 aliphatic carbocycles. The van der Waals surface area contributed by atoms with E-state index in [2.05, 4.69) is 85.3 Å². The van der Waals surface area contributed by atoms with Gasteiger partial charge >= 0.3 is 0 Å². The van der Waals surface area contributed by atoms with Crippen LogP contribution in [0.2, 0.25) is 0 Å². The van der Waals surface area contributed by atoms with E-state index in [1.165, 1.54) is 32.3 Å². The van der Waals surface area contributed by atoms with Gasteiger partial charge in [0, 0.05) is 4.47 Å². The zero-order chi connectivity index (χ0) is 15.4. The zero-order valence-corrected chi connectivity index (χ0v) is 14.9. The van der Waals surface area contributed by atoms with Crippen LogP contribution >= 0.6 is 15.9 Å². The highest BCUT2D eigenvalue weighted by atomic mass is 79.9. The topological polar surface area (TPSA) is 12.0 Å². The molecule has 0 saturated carbocycles. The zero-order valence-electron chi connectivity index (χ0n) is 13.3. The number of hydrogen-bond acceptors (Lipinski definition) is 1. The van der Waals surface area contributed by atoms with Gasteiger partial charge in [0.2, 0.25) is 0 Å². The molecule has 2 aromatic carbocycles. The van der Waals surface area contributed by atoms with Gasteiger partial charge in [0.15, 0.2) is 0 Å². The first-order chi connectivity index (χ1) is 10.0. The molecule has 0 saturated heterocycles. The molecule has 21 heavy (non-hydrogen) atoms. The van der Waals surface area contributed by atoms with Crippen LogP contribution in [-0.4, -0.2) is 6.54 Å². The molecule has 1 atom stereocenters. The highest BCUT2D eigenvalue weighted by Crippen LogP contribution is 2.29. The van der Waals surface area contributed by atoms with Gasteiger partial charge in [-0.2, -0.15) is 0 Å². The molecule has 1 nitrogen and oxygen atoms in total. The van der Waals surface area contributed by atoms with Crippen LogP contribution in [0.15, 0.2) is 40.9 Å². The number of rotatable bonds is 5. The molecule has 0 amide bonds. The summed E-state index contributed by atoms with van der Waals surface area (Å²) in [6, 6.07) is 13.5. The first kappa shape index (κ1) is 16.3. The van der Waals surface area contributed by atoms with E-state index in [0.29, 0.717) is 0 Å². The Morgan fingerprint density at radius 3 is 2.48 bits per heavy atom. The molecule has 1 N–H and O–H groups in total. The van der Waals surface area contributed by atoms with E-state index >= 15 is 0 Å². The Labute approximate surface area is 136 Å². The quantitative estimate of drug-likeness (QED) is 0.758. The first-order valence-corrected chi connectivity index (χ1v) is 8.39. The fourth-order valence-electron chi connectivity index (χ4n) is 2.57. The molecule has 0 heterocycles. The molecule has 1 unspecified atom stereocenters. The molecule has 0 fully saturated rings. The number of nitrogens with one attached hydrogen (secondary N) is 1. The first-order valence-electron chi connectivity index (χ1n) is 7.60. The summed E-state index contributed by atoms with van der Waals surface area (Å²) in [4.78, 5) is 0. The average Bonchev–Trinajstić information content (AvgIpc) is 2.47. The maximum Gasteiger partial charge on any atom is 0.0579 e. The molecule has 0 aliphatic rings. The second-order valence-electron chi connectivity index (χ2n) is 5.68. The molecule has 2 rings (SSSR count). The van der Waals surface area contributed by atoms with Crippen LogP contribution in [0.4, 0.5) is 0 Å². The van der Waals surface area contributed by atoms with Gasteiger partial charge in [-0.15, -0.1) is 0 Å². The van der Waals surface area contributed by atoms with Gasteiger partial charge in [0.1, 0.15) is 0 Å². The van der Waals surface area contributed by atoms with Crippen LogP contribution in [0.3, 0.4) is 0 Å². The molecule has 0 aromatic heterocycles. The van der Waals surface area contributed by atoms with Gasteiger partial charge in [0.25, 0.3) is 0 Å². The van der Waals surface area contributed by atoms with E-state index in [0.717, 1.165) is 13.0 Å². The second kappa shape index (κ2) is 7.24. The summed E-state index contributed by atoms with van der Waals surface area (Å²) < 4.78 is 1.17. The van der Waals surface area contributed by atoms with Crippen LogP contribution in [-0.2, 0) is 0 Å². The Bertz CT molecular complexity index is 619. The lowest BCUT2D eigenvalue weighted by molar-refractivity contribution is 0.595. The van der Waals surface area contributed by atoms with Crippen LogP contribution < -0.4 is 5.32 Å². The third-order valence-electron chi connectivity index (χ3n) is 4.09. The molecule has 0 spiro atoms. The minimum atomic E-state index is 0.252. The fraction of sp³-hybridized carbons (Fsp3) is 0.368. The van der Waals surface area contributed by atoms with Crippen molar-refractivity contribution in [3.63, 3.8) is 0 Å². The predicted molar refractivity (Wildman–Crippen MR) is 94.9 cm³/mol. The predicted octanol–water partition coefficient (Wildman–Crippen LogP) is 5.46. The Morgan fingerprint density at radius 2 is 1.81 bits per heavy atom. The lowest BCUT2D eigenvalue weighted by Gasteiger charge is -2.23. The van der Waals surface area contributed by atoms with Crippen LogP contribution in [0.5, 0.6) is 0 Å². The summed E-state index contributed by atoms with van der Waals surface area (Å²) >= 11 is 3.66. The van der Waals surface area contributed by atoms with Crippen LogP contribution in [0.1, 0.15) is 47.2 Å². The third-order valence-corrected chi connectivity index (χ3v) is 4.94. The number of hydrogen-bond donors (Lipinski definition) is 1. The molecular formula is C19H24BrN. The summed E-state index contributed by atoms with van der Waals surface area (Å²) in [5.41, 5.74) is 6.69. The van der Waals surface area contributed by atoms with Crippen molar-refractivity contribution in [3.8, 4) is 0 Å². The summed E-state index contributed by atoms with van der Waals surface area (Å²) in [7, 11) is 0. The van der Waals surface area contributed by atoms with E-state index in [1.807, 2.05) is 0 Å². The second-order valence-corrected chi connectivity index (χ2v) is 6.54. The highest BCUT2D eigenvalue weighted by molar-refractivity contribution is 9.10. The van der Waals surface area contributed by atoms with Gasteiger partial charge in [-0.25, -0.2) is 0 Å². The van der Waals surface area contributed by atoms with Crippen LogP contribution in [0.25, 0.3) is 0 Å². The normalized spacial score (nSPS) is 12.4. The van der Waals surface area contributed by atoms with Gasteiger partial charge in [-0.05, 0) is 67.6 Å². The van der Waals surface area contributed by atoms with E-state index < -0.39 is 0 Å². The van der Waals surface area contributed by atoms with E-state index in [1.54, 1.807) is 0 Å². The Hall–Kier alpha value is -1.12. The van der Waals surface area contributed by atoms with E-state index in [9.17, 15) is 0 Å². The van der Waals surface area contributed by atoms with Gasteiger partial charge < -0.3 is 5.32 Å². The molecule has 2 aromatic rings. The van der Waals surface area contributed by atoms with Crippen molar-refractivity contribution in [3.05, 3.63) is 68.7 Å². The lowest BCUT2D eigenvalue weighted by atomic mass is 9.92. The minimum Gasteiger partial charge on any atom is -0.306 e. The Kier molecular flexibility index (Phi) is 5.60. The number of aryl methyl sites for hydroxylation is 2. The van der Waals surface area contributed by atoms with Crippen molar-refractivity contribution < 1.29 is 0 Å². The summed E-state index contributed by atoms with van der Waals surface area (Å²) in [6.45, 7) is 9.75. The minimum absolute atomic E-state index is 0.252. The average molecular weight is 346 g/mol.